The summed E-state index contributed by atoms with van der Waals surface area (Å²) in [5.41, 5.74) is 2.55. The van der Waals surface area contributed by atoms with Crippen molar-refractivity contribution in [2.75, 3.05) is 6.61 Å². The lowest BCUT2D eigenvalue weighted by Gasteiger charge is -2.23. The Bertz CT molecular complexity index is 619. The van der Waals surface area contributed by atoms with Crippen molar-refractivity contribution < 1.29 is 4.74 Å². The summed E-state index contributed by atoms with van der Waals surface area (Å²) in [7, 11) is 0. The van der Waals surface area contributed by atoms with Gasteiger partial charge in [0.25, 0.3) is 0 Å². The molecule has 1 aliphatic heterocycles. The van der Waals surface area contributed by atoms with Crippen LogP contribution in [0.1, 0.15) is 52.7 Å². The van der Waals surface area contributed by atoms with E-state index in [0.29, 0.717) is 12.1 Å². The molecule has 0 fully saturated rings. The number of benzene rings is 1. The third kappa shape index (κ3) is 3.14. The molecule has 3 heteroatoms. The van der Waals surface area contributed by atoms with Gasteiger partial charge in [-0.05, 0) is 51.3 Å². The van der Waals surface area contributed by atoms with E-state index in [1.807, 2.05) is 11.3 Å². The Balaban J connectivity index is 1.84. The molecule has 1 N–H and O–H groups in total. The molecular formula is C18H23NOS. The molecule has 2 unspecified atom stereocenters. The predicted octanol–water partition coefficient (Wildman–Crippen LogP) is 4.93. The smallest absolute Gasteiger partial charge is 0.126 e. The summed E-state index contributed by atoms with van der Waals surface area (Å²) >= 11 is 1.88. The molecule has 3 rings (SSSR count). The maximum absolute atomic E-state index is 5.96. The predicted molar refractivity (Wildman–Crippen MR) is 89.3 cm³/mol. The Labute approximate surface area is 131 Å². The highest BCUT2D eigenvalue weighted by atomic mass is 32.1. The van der Waals surface area contributed by atoms with Crippen molar-refractivity contribution in [2.45, 2.75) is 45.7 Å². The van der Waals surface area contributed by atoms with Crippen LogP contribution in [0.4, 0.5) is 0 Å². The lowest BCUT2D eigenvalue weighted by atomic mass is 9.99. The summed E-state index contributed by atoms with van der Waals surface area (Å²) in [5, 5.41) is 3.80. The van der Waals surface area contributed by atoms with Crippen LogP contribution in [0.15, 0.2) is 30.3 Å². The van der Waals surface area contributed by atoms with E-state index in [-0.39, 0.29) is 0 Å². The second-order valence-corrected chi connectivity index (χ2v) is 7.19. The minimum absolute atomic E-state index is 0.375. The minimum Gasteiger partial charge on any atom is -0.493 e. The first-order valence-electron chi connectivity index (χ1n) is 7.70. The summed E-state index contributed by atoms with van der Waals surface area (Å²) in [6.07, 6.45) is 2.23. The van der Waals surface area contributed by atoms with Crippen LogP contribution in [0, 0.1) is 13.8 Å². The lowest BCUT2D eigenvalue weighted by molar-refractivity contribution is 0.312. The lowest BCUT2D eigenvalue weighted by Crippen LogP contribution is -2.24. The van der Waals surface area contributed by atoms with Crippen molar-refractivity contribution >= 4 is 11.3 Å². The topological polar surface area (TPSA) is 21.3 Å². The number of hydrogen-bond donors (Lipinski definition) is 1. The fraction of sp³-hybridized carbons (Fsp3) is 0.444. The van der Waals surface area contributed by atoms with E-state index >= 15 is 0 Å². The summed E-state index contributed by atoms with van der Waals surface area (Å²) in [5.74, 6) is 1.09. The molecule has 112 valence electrons. The third-order valence-electron chi connectivity index (χ3n) is 4.14. The molecule has 0 radical (unpaired) electrons. The zero-order valence-corrected chi connectivity index (χ0v) is 13.8. The quantitative estimate of drug-likeness (QED) is 0.868. The molecule has 2 nitrogen and oxygen atoms in total. The van der Waals surface area contributed by atoms with Crippen LogP contribution in [0.2, 0.25) is 0 Å². The van der Waals surface area contributed by atoms with E-state index in [4.69, 9.17) is 4.74 Å². The van der Waals surface area contributed by atoms with E-state index < -0.39 is 0 Å². The molecule has 2 aromatic rings. The van der Waals surface area contributed by atoms with Gasteiger partial charge in [-0.25, -0.2) is 0 Å². The number of nitrogens with one attached hydrogen (secondary N) is 1. The van der Waals surface area contributed by atoms with Gasteiger partial charge < -0.3 is 10.1 Å². The highest BCUT2D eigenvalue weighted by Crippen LogP contribution is 2.36. The van der Waals surface area contributed by atoms with Crippen LogP contribution in [0.3, 0.4) is 0 Å². The first kappa shape index (κ1) is 14.6. The van der Waals surface area contributed by atoms with E-state index in [1.165, 1.54) is 20.9 Å². The average Bonchev–Trinajstić information content (AvgIpc) is 2.79. The van der Waals surface area contributed by atoms with Gasteiger partial charge in [0.1, 0.15) is 5.75 Å². The van der Waals surface area contributed by atoms with Crippen LogP contribution >= 0.6 is 11.3 Å². The molecular weight excluding hydrogens is 278 g/mol. The average molecular weight is 301 g/mol. The van der Waals surface area contributed by atoms with Gasteiger partial charge in [0.2, 0.25) is 0 Å². The molecule has 0 bridgehead atoms. The normalized spacial score (nSPS) is 19.5. The largest absolute Gasteiger partial charge is 0.493 e. The van der Waals surface area contributed by atoms with E-state index in [0.717, 1.165) is 25.2 Å². The number of fused-ring (bicyclic) bond motifs is 1. The molecule has 2 heterocycles. The van der Waals surface area contributed by atoms with Gasteiger partial charge in [-0.15, -0.1) is 11.3 Å². The SMILES string of the molecule is Cc1ccc(C(C)NC2CCCOc3c(C)cccc32)s1. The Morgan fingerprint density at radius 1 is 1.24 bits per heavy atom. The van der Waals surface area contributed by atoms with Crippen molar-refractivity contribution in [1.29, 1.82) is 0 Å². The van der Waals surface area contributed by atoms with Crippen LogP contribution in [0.5, 0.6) is 5.75 Å². The van der Waals surface area contributed by atoms with Gasteiger partial charge >= 0.3 is 0 Å². The molecule has 0 aliphatic carbocycles. The highest BCUT2D eigenvalue weighted by Gasteiger charge is 2.23. The van der Waals surface area contributed by atoms with Crippen LogP contribution in [-0.4, -0.2) is 6.61 Å². The van der Waals surface area contributed by atoms with Gasteiger partial charge in [0, 0.05) is 27.4 Å². The molecule has 1 aromatic carbocycles. The van der Waals surface area contributed by atoms with Crippen molar-refractivity contribution in [1.82, 2.24) is 5.32 Å². The molecule has 0 spiro atoms. The van der Waals surface area contributed by atoms with Gasteiger partial charge in [0.05, 0.1) is 6.61 Å². The molecule has 1 aliphatic rings. The molecule has 0 amide bonds. The maximum atomic E-state index is 5.96. The van der Waals surface area contributed by atoms with Crippen molar-refractivity contribution in [3.63, 3.8) is 0 Å². The minimum atomic E-state index is 0.375. The molecule has 0 saturated carbocycles. The van der Waals surface area contributed by atoms with Crippen molar-refractivity contribution in [3.8, 4) is 5.75 Å². The van der Waals surface area contributed by atoms with Crippen molar-refractivity contribution in [3.05, 3.63) is 51.2 Å². The number of rotatable bonds is 3. The van der Waals surface area contributed by atoms with Crippen molar-refractivity contribution in [2.24, 2.45) is 0 Å². The number of hydrogen-bond acceptors (Lipinski definition) is 3. The van der Waals surface area contributed by atoms with E-state index in [2.05, 4.69) is 56.4 Å². The maximum Gasteiger partial charge on any atom is 0.126 e. The van der Waals surface area contributed by atoms with Crippen LogP contribution in [-0.2, 0) is 0 Å². The molecule has 21 heavy (non-hydrogen) atoms. The van der Waals surface area contributed by atoms with E-state index in [9.17, 15) is 0 Å². The fourth-order valence-electron chi connectivity index (χ4n) is 3.01. The number of ether oxygens (including phenoxy) is 1. The monoisotopic (exact) mass is 301 g/mol. The number of para-hydroxylation sites is 1. The summed E-state index contributed by atoms with van der Waals surface area (Å²) in [6.45, 7) is 7.38. The van der Waals surface area contributed by atoms with Crippen LogP contribution in [0.25, 0.3) is 0 Å². The fourth-order valence-corrected chi connectivity index (χ4v) is 3.90. The molecule has 1 aromatic heterocycles. The van der Waals surface area contributed by atoms with Crippen LogP contribution < -0.4 is 10.1 Å². The third-order valence-corrected chi connectivity index (χ3v) is 5.32. The molecule has 2 atom stereocenters. The van der Waals surface area contributed by atoms with Gasteiger partial charge in [-0.1, -0.05) is 18.2 Å². The second kappa shape index (κ2) is 6.20. The second-order valence-electron chi connectivity index (χ2n) is 5.87. The standard InChI is InChI=1S/C18H23NOS/c1-12-6-4-7-15-16(8-5-11-20-18(12)15)19-14(3)17-10-9-13(2)21-17/h4,6-7,9-10,14,16,19H,5,8,11H2,1-3H3. The highest BCUT2D eigenvalue weighted by molar-refractivity contribution is 7.12. The first-order chi connectivity index (χ1) is 10.1. The van der Waals surface area contributed by atoms with Gasteiger partial charge in [-0.2, -0.15) is 0 Å². The van der Waals surface area contributed by atoms with Gasteiger partial charge in [0.15, 0.2) is 0 Å². The summed E-state index contributed by atoms with van der Waals surface area (Å²) in [4.78, 5) is 2.78. The zero-order chi connectivity index (χ0) is 14.8. The number of aryl methyl sites for hydroxylation is 2. The summed E-state index contributed by atoms with van der Waals surface area (Å²) in [6, 6.07) is 11.7. The Morgan fingerprint density at radius 3 is 2.86 bits per heavy atom. The Hall–Kier alpha value is -1.32. The Kier molecular flexibility index (Phi) is 4.32. The molecule has 0 saturated heterocycles. The van der Waals surface area contributed by atoms with E-state index in [1.54, 1.807) is 0 Å². The first-order valence-corrected chi connectivity index (χ1v) is 8.51. The zero-order valence-electron chi connectivity index (χ0n) is 13.0. The Morgan fingerprint density at radius 2 is 2.10 bits per heavy atom. The number of thiophene rings is 1. The van der Waals surface area contributed by atoms with Gasteiger partial charge in [-0.3, -0.25) is 0 Å². The summed E-state index contributed by atoms with van der Waals surface area (Å²) < 4.78 is 5.96.